The fraction of sp³-hybridized carbons (Fsp3) is 0.375. The second-order valence-electron chi connectivity index (χ2n) is 4.98. The molecule has 0 bridgehead atoms. The Bertz CT molecular complexity index is 594. The Labute approximate surface area is 131 Å². The topological polar surface area (TPSA) is 54.7 Å². The minimum absolute atomic E-state index is 0.558. The van der Waals surface area contributed by atoms with Crippen molar-refractivity contribution in [3.63, 3.8) is 0 Å². The number of aryl methyl sites for hydroxylation is 1. The van der Waals surface area contributed by atoms with Crippen LogP contribution in [0.2, 0.25) is 0 Å². The number of rotatable bonds is 6. The van der Waals surface area contributed by atoms with E-state index >= 15 is 0 Å². The first kappa shape index (κ1) is 15.9. The summed E-state index contributed by atoms with van der Waals surface area (Å²) in [7, 11) is 5.84. The predicted octanol–water partition coefficient (Wildman–Crippen LogP) is 1.51. The van der Waals surface area contributed by atoms with Gasteiger partial charge in [-0.15, -0.1) is 0 Å². The Morgan fingerprint density at radius 2 is 2.27 bits per heavy atom. The van der Waals surface area contributed by atoms with E-state index in [0.717, 1.165) is 18.3 Å². The molecular formula is C16H23N5O. The highest BCUT2D eigenvalue weighted by atomic mass is 16.5. The Morgan fingerprint density at radius 3 is 2.91 bits per heavy atom. The molecule has 0 amide bonds. The van der Waals surface area contributed by atoms with Crippen LogP contribution in [0.3, 0.4) is 0 Å². The lowest BCUT2D eigenvalue weighted by atomic mass is 10.4. The van der Waals surface area contributed by atoms with Crippen LogP contribution in [0.4, 0.5) is 0 Å². The van der Waals surface area contributed by atoms with Crippen molar-refractivity contribution in [2.45, 2.75) is 6.54 Å². The van der Waals surface area contributed by atoms with E-state index in [4.69, 9.17) is 4.74 Å². The summed E-state index contributed by atoms with van der Waals surface area (Å²) < 4.78 is 7.71. The first-order valence-electron chi connectivity index (χ1n) is 7.25. The Morgan fingerprint density at radius 1 is 1.41 bits per heavy atom. The number of nitrogens with one attached hydrogen (secondary N) is 1. The molecule has 6 heteroatoms. The molecular weight excluding hydrogens is 278 g/mol. The number of hydrogen-bond acceptors (Lipinski definition) is 3. The summed E-state index contributed by atoms with van der Waals surface area (Å²) in [6.07, 6.45) is 5.48. The predicted molar refractivity (Wildman–Crippen MR) is 88.0 cm³/mol. The quantitative estimate of drug-likeness (QED) is 0.499. The smallest absolute Gasteiger partial charge is 0.193 e. The van der Waals surface area contributed by atoms with Crippen molar-refractivity contribution in [2.75, 3.05) is 27.2 Å². The van der Waals surface area contributed by atoms with Crippen LogP contribution in [0.25, 0.3) is 0 Å². The number of aliphatic imine (C=N–C) groups is 1. The van der Waals surface area contributed by atoms with Gasteiger partial charge in [-0.1, -0.05) is 0 Å². The van der Waals surface area contributed by atoms with Crippen molar-refractivity contribution in [1.82, 2.24) is 19.8 Å². The van der Waals surface area contributed by atoms with Gasteiger partial charge >= 0.3 is 0 Å². The van der Waals surface area contributed by atoms with Gasteiger partial charge < -0.3 is 19.5 Å². The number of guanidine groups is 1. The molecule has 0 aliphatic rings. The molecule has 2 aromatic rings. The van der Waals surface area contributed by atoms with Crippen LogP contribution in [-0.4, -0.2) is 47.7 Å². The zero-order chi connectivity index (χ0) is 15.8. The highest BCUT2D eigenvalue weighted by Gasteiger charge is 2.07. The van der Waals surface area contributed by atoms with Crippen LogP contribution >= 0.6 is 0 Å². The molecule has 1 N–H and O–H groups in total. The SMILES string of the molecule is CN=C(NCCOc1cccnc1)N(C)Cc1cccn1C. The van der Waals surface area contributed by atoms with Crippen molar-refractivity contribution in [3.05, 3.63) is 48.5 Å². The number of pyridine rings is 1. The molecule has 2 rings (SSSR count). The molecule has 22 heavy (non-hydrogen) atoms. The molecule has 0 radical (unpaired) electrons. The van der Waals surface area contributed by atoms with Crippen molar-refractivity contribution in [1.29, 1.82) is 0 Å². The van der Waals surface area contributed by atoms with Gasteiger partial charge in [0, 0.05) is 39.2 Å². The third-order valence-electron chi connectivity index (χ3n) is 3.31. The molecule has 0 aromatic carbocycles. The first-order valence-corrected chi connectivity index (χ1v) is 7.25. The van der Waals surface area contributed by atoms with E-state index in [9.17, 15) is 0 Å². The van der Waals surface area contributed by atoms with Crippen molar-refractivity contribution in [2.24, 2.45) is 12.0 Å². The summed E-state index contributed by atoms with van der Waals surface area (Å²) >= 11 is 0. The maximum Gasteiger partial charge on any atom is 0.193 e. The average molecular weight is 301 g/mol. The molecule has 118 valence electrons. The molecule has 0 aliphatic carbocycles. The zero-order valence-electron chi connectivity index (χ0n) is 13.4. The van der Waals surface area contributed by atoms with E-state index in [1.165, 1.54) is 5.69 Å². The van der Waals surface area contributed by atoms with E-state index in [2.05, 4.69) is 30.8 Å². The van der Waals surface area contributed by atoms with Crippen molar-refractivity contribution < 1.29 is 4.74 Å². The lowest BCUT2D eigenvalue weighted by molar-refractivity contribution is 0.318. The fourth-order valence-electron chi connectivity index (χ4n) is 2.13. The van der Waals surface area contributed by atoms with E-state index in [1.807, 2.05) is 38.5 Å². The van der Waals surface area contributed by atoms with Gasteiger partial charge in [0.1, 0.15) is 12.4 Å². The summed E-state index contributed by atoms with van der Waals surface area (Å²) in [5.41, 5.74) is 1.23. The second-order valence-corrected chi connectivity index (χ2v) is 4.98. The Hall–Kier alpha value is -2.50. The lowest BCUT2D eigenvalue weighted by Crippen LogP contribution is -2.40. The van der Waals surface area contributed by atoms with E-state index in [0.29, 0.717) is 13.2 Å². The molecule has 0 saturated heterocycles. The minimum atomic E-state index is 0.558. The number of ether oxygens (including phenoxy) is 1. The number of nitrogens with zero attached hydrogens (tertiary/aromatic N) is 4. The Balaban J connectivity index is 1.76. The number of aromatic nitrogens is 2. The molecule has 0 unspecified atom stereocenters. The minimum Gasteiger partial charge on any atom is -0.490 e. The van der Waals surface area contributed by atoms with Gasteiger partial charge in [-0.25, -0.2) is 0 Å². The highest BCUT2D eigenvalue weighted by molar-refractivity contribution is 5.79. The monoisotopic (exact) mass is 301 g/mol. The second kappa shape index (κ2) is 8.07. The average Bonchev–Trinajstić information content (AvgIpc) is 2.93. The normalized spacial score (nSPS) is 11.3. The van der Waals surface area contributed by atoms with Crippen LogP contribution in [0.15, 0.2) is 47.8 Å². The molecule has 2 heterocycles. The summed E-state index contributed by atoms with van der Waals surface area (Å²) in [5.74, 6) is 1.62. The summed E-state index contributed by atoms with van der Waals surface area (Å²) in [6.45, 7) is 2.04. The van der Waals surface area contributed by atoms with Crippen LogP contribution in [0.1, 0.15) is 5.69 Å². The van der Waals surface area contributed by atoms with Crippen LogP contribution in [-0.2, 0) is 13.6 Å². The highest BCUT2D eigenvalue weighted by Crippen LogP contribution is 2.05. The van der Waals surface area contributed by atoms with Gasteiger partial charge in [-0.3, -0.25) is 9.98 Å². The van der Waals surface area contributed by atoms with Gasteiger partial charge in [0.05, 0.1) is 19.3 Å². The van der Waals surface area contributed by atoms with Gasteiger partial charge in [-0.05, 0) is 24.3 Å². The third-order valence-corrected chi connectivity index (χ3v) is 3.31. The molecule has 0 saturated carbocycles. The van der Waals surface area contributed by atoms with E-state index in [1.54, 1.807) is 19.4 Å². The maximum absolute atomic E-state index is 5.60. The van der Waals surface area contributed by atoms with E-state index in [-0.39, 0.29) is 0 Å². The standard InChI is InChI=1S/C16H23N5O/c1-17-16(21(3)13-14-6-5-10-20(14)2)19-9-11-22-15-7-4-8-18-12-15/h4-8,10,12H,9,11,13H2,1-3H3,(H,17,19). The van der Waals surface area contributed by atoms with Crippen LogP contribution in [0.5, 0.6) is 5.75 Å². The van der Waals surface area contributed by atoms with Crippen LogP contribution in [0, 0.1) is 0 Å². The molecule has 6 nitrogen and oxygen atoms in total. The van der Waals surface area contributed by atoms with Gasteiger partial charge in [0.25, 0.3) is 0 Å². The summed E-state index contributed by atoms with van der Waals surface area (Å²) in [4.78, 5) is 10.4. The molecule has 0 aliphatic heterocycles. The molecule has 0 atom stereocenters. The summed E-state index contributed by atoms with van der Waals surface area (Å²) in [6, 6.07) is 7.90. The zero-order valence-corrected chi connectivity index (χ0v) is 13.4. The lowest BCUT2D eigenvalue weighted by Gasteiger charge is -2.22. The molecule has 0 fully saturated rings. The summed E-state index contributed by atoms with van der Waals surface area (Å²) in [5, 5.41) is 3.29. The first-order chi connectivity index (χ1) is 10.7. The van der Waals surface area contributed by atoms with Crippen molar-refractivity contribution in [3.8, 4) is 5.75 Å². The third kappa shape index (κ3) is 4.51. The van der Waals surface area contributed by atoms with Gasteiger partial charge in [-0.2, -0.15) is 0 Å². The Kier molecular flexibility index (Phi) is 5.82. The maximum atomic E-state index is 5.60. The van der Waals surface area contributed by atoms with Gasteiger partial charge in [0.2, 0.25) is 0 Å². The fourth-order valence-corrected chi connectivity index (χ4v) is 2.13. The van der Waals surface area contributed by atoms with Crippen molar-refractivity contribution >= 4 is 5.96 Å². The molecule has 2 aromatic heterocycles. The number of hydrogen-bond donors (Lipinski definition) is 1. The molecule has 0 spiro atoms. The van der Waals surface area contributed by atoms with Crippen LogP contribution < -0.4 is 10.1 Å². The largest absolute Gasteiger partial charge is 0.490 e. The van der Waals surface area contributed by atoms with Gasteiger partial charge in [0.15, 0.2) is 5.96 Å². The van der Waals surface area contributed by atoms with E-state index < -0.39 is 0 Å².